The highest BCUT2D eigenvalue weighted by molar-refractivity contribution is 5.91. The van der Waals surface area contributed by atoms with E-state index in [0.29, 0.717) is 0 Å². The first-order valence-electron chi connectivity index (χ1n) is 16.4. The van der Waals surface area contributed by atoms with Crippen molar-refractivity contribution < 1.29 is 0 Å². The van der Waals surface area contributed by atoms with Gasteiger partial charge in [-0.3, -0.25) is 4.99 Å². The largest absolute Gasteiger partial charge is 0.311 e. The molecule has 0 saturated carbocycles. The molecule has 3 aliphatic rings. The van der Waals surface area contributed by atoms with Gasteiger partial charge in [-0.1, -0.05) is 133 Å². The highest BCUT2D eigenvalue weighted by Crippen LogP contribution is 2.56. The minimum absolute atomic E-state index is 0.175. The number of benzene rings is 5. The van der Waals surface area contributed by atoms with Crippen LogP contribution in [0, 0.1) is 5.92 Å². The predicted molar refractivity (Wildman–Crippen MR) is 198 cm³/mol. The van der Waals surface area contributed by atoms with Gasteiger partial charge in [-0.15, -0.1) is 0 Å². The van der Waals surface area contributed by atoms with Crippen molar-refractivity contribution in [2.24, 2.45) is 10.9 Å². The van der Waals surface area contributed by atoms with E-state index in [2.05, 4.69) is 188 Å². The maximum Gasteiger partial charge on any atom is 0.0540 e. The fourth-order valence-corrected chi connectivity index (χ4v) is 7.75. The molecule has 0 N–H and O–H groups in total. The summed E-state index contributed by atoms with van der Waals surface area (Å²) in [6.07, 6.45) is 16.4. The summed E-state index contributed by atoms with van der Waals surface area (Å²) < 4.78 is 0. The van der Waals surface area contributed by atoms with E-state index in [4.69, 9.17) is 4.99 Å². The number of anilines is 2. The van der Waals surface area contributed by atoms with Gasteiger partial charge in [-0.2, -0.15) is 0 Å². The maximum atomic E-state index is 4.79. The first-order chi connectivity index (χ1) is 23.2. The highest BCUT2D eigenvalue weighted by Gasteiger charge is 2.49. The summed E-state index contributed by atoms with van der Waals surface area (Å²) in [5, 5.41) is 0. The number of hydrogen-bond donors (Lipinski definition) is 0. The Morgan fingerprint density at radius 3 is 2.02 bits per heavy atom. The lowest BCUT2D eigenvalue weighted by Gasteiger charge is -2.48. The molecule has 5 aromatic rings. The first kappa shape index (κ1) is 28.7. The van der Waals surface area contributed by atoms with Gasteiger partial charge in [0.2, 0.25) is 0 Å². The number of hydrogen-bond acceptors (Lipinski definition) is 2. The summed E-state index contributed by atoms with van der Waals surface area (Å²) in [4.78, 5) is 7.16. The van der Waals surface area contributed by atoms with Gasteiger partial charge in [0.25, 0.3) is 0 Å². The Morgan fingerprint density at radius 1 is 0.660 bits per heavy atom. The topological polar surface area (TPSA) is 15.6 Å². The number of nitrogens with zero attached hydrogens (tertiary/aromatic N) is 2. The predicted octanol–water partition coefficient (Wildman–Crippen LogP) is 11.2. The quantitative estimate of drug-likeness (QED) is 0.188. The van der Waals surface area contributed by atoms with Gasteiger partial charge in [0.15, 0.2) is 0 Å². The maximum absolute atomic E-state index is 4.79. The monoisotopic (exact) mass is 604 g/mol. The summed E-state index contributed by atoms with van der Waals surface area (Å²) in [5.74, 6) is 0.175. The van der Waals surface area contributed by atoms with Gasteiger partial charge in [-0.25, -0.2) is 0 Å². The molecule has 0 fully saturated rings. The molecular weight excluding hydrogens is 569 g/mol. The van der Waals surface area contributed by atoms with E-state index < -0.39 is 5.41 Å². The van der Waals surface area contributed by atoms with Crippen LogP contribution in [0.4, 0.5) is 11.4 Å². The van der Waals surface area contributed by atoms with Crippen LogP contribution in [-0.4, -0.2) is 6.21 Å². The Morgan fingerprint density at radius 2 is 1.30 bits per heavy atom. The zero-order chi connectivity index (χ0) is 31.6. The van der Waals surface area contributed by atoms with E-state index in [-0.39, 0.29) is 5.92 Å². The standard InChI is InChI=1S/C45H36N2/c1-33-41-21-13-31-46-32-44(33)45(36-16-7-3-8-17-36,43-22-12-11-20-42(41)43)37-25-29-40(30-26-37)47(38-18-9-4-10-19-38)39-27-23-35(24-28-39)34-14-5-2-6-15-34/h2-25,27-32,37H,26H2,1H3/b21-13-,31-13?,41-21?,44-32+,46-31-,46-32?. The molecule has 1 aliphatic heterocycles. The van der Waals surface area contributed by atoms with Crippen molar-refractivity contribution in [3.63, 3.8) is 0 Å². The molecule has 2 bridgehead atoms. The molecule has 2 unspecified atom stereocenters. The summed E-state index contributed by atoms with van der Waals surface area (Å²) in [5.41, 5.74) is 13.2. The molecule has 0 amide bonds. The van der Waals surface area contributed by atoms with Crippen LogP contribution in [0.5, 0.6) is 0 Å². The Labute approximate surface area is 277 Å². The molecule has 5 aromatic carbocycles. The van der Waals surface area contributed by atoms with Crippen molar-refractivity contribution in [2.45, 2.75) is 18.8 Å². The molecule has 2 nitrogen and oxygen atoms in total. The number of aliphatic imine (C=N–C) groups is 1. The highest BCUT2D eigenvalue weighted by atomic mass is 15.1. The van der Waals surface area contributed by atoms with Gasteiger partial charge < -0.3 is 4.90 Å². The van der Waals surface area contributed by atoms with Gasteiger partial charge >= 0.3 is 0 Å². The van der Waals surface area contributed by atoms with E-state index in [1.54, 1.807) is 0 Å². The average molecular weight is 605 g/mol. The first-order valence-corrected chi connectivity index (χ1v) is 16.4. The minimum Gasteiger partial charge on any atom is -0.311 e. The molecule has 47 heavy (non-hydrogen) atoms. The molecule has 2 atom stereocenters. The Balaban J connectivity index is 1.24. The normalized spacial score (nSPS) is 22.2. The van der Waals surface area contributed by atoms with Gasteiger partial charge in [-0.05, 0) is 100 Å². The molecular formula is C45H36N2. The molecule has 226 valence electrons. The summed E-state index contributed by atoms with van der Waals surface area (Å²) >= 11 is 0. The van der Waals surface area contributed by atoms with E-state index >= 15 is 0 Å². The second kappa shape index (κ2) is 12.2. The van der Waals surface area contributed by atoms with Gasteiger partial charge in [0.05, 0.1) is 5.41 Å². The van der Waals surface area contributed by atoms with Crippen LogP contribution in [0.1, 0.15) is 30.0 Å². The number of rotatable bonds is 6. The molecule has 1 heterocycles. The third-order valence-corrected chi connectivity index (χ3v) is 9.88. The molecule has 2 heteroatoms. The smallest absolute Gasteiger partial charge is 0.0540 e. The van der Waals surface area contributed by atoms with Crippen molar-refractivity contribution in [1.29, 1.82) is 0 Å². The van der Waals surface area contributed by atoms with Crippen LogP contribution < -0.4 is 4.90 Å². The van der Waals surface area contributed by atoms with Crippen LogP contribution in [0.25, 0.3) is 16.7 Å². The van der Waals surface area contributed by atoms with Crippen molar-refractivity contribution in [3.05, 3.63) is 210 Å². The molecule has 2 aliphatic carbocycles. The fourth-order valence-electron chi connectivity index (χ4n) is 7.75. The van der Waals surface area contributed by atoms with Gasteiger partial charge in [0.1, 0.15) is 0 Å². The summed E-state index contributed by atoms with van der Waals surface area (Å²) in [6.45, 7) is 2.27. The fraction of sp³-hybridized carbons (Fsp3) is 0.0889. The summed E-state index contributed by atoms with van der Waals surface area (Å²) in [7, 11) is 0. The van der Waals surface area contributed by atoms with E-state index in [1.165, 1.54) is 50.2 Å². The van der Waals surface area contributed by atoms with Crippen molar-refractivity contribution in [3.8, 4) is 11.1 Å². The Bertz CT molecular complexity index is 2100. The summed E-state index contributed by atoms with van der Waals surface area (Å²) in [6, 6.07) is 50.2. The molecule has 0 radical (unpaired) electrons. The number of fused-ring (bicyclic) bond motifs is 3. The number of para-hydroxylation sites is 1. The second-order valence-electron chi connectivity index (χ2n) is 12.4. The van der Waals surface area contributed by atoms with Crippen molar-refractivity contribution in [2.75, 3.05) is 4.90 Å². The van der Waals surface area contributed by atoms with E-state index in [9.17, 15) is 0 Å². The third kappa shape index (κ3) is 4.94. The molecule has 0 saturated heterocycles. The molecule has 8 rings (SSSR count). The SMILES string of the molecule is CC1=C2\C=C/C=N\C=C1\C(c1ccccc1)(C1C=CC(N(c3ccccc3)c3ccc(-c4ccccc4)cc3)=CC1)c1ccccc12. The lowest BCUT2D eigenvalue weighted by atomic mass is 9.55. The Hall–Kier alpha value is -5.73. The number of allylic oxidation sites excluding steroid dienone is 8. The minimum atomic E-state index is -0.401. The lowest BCUT2D eigenvalue weighted by molar-refractivity contribution is 0.437. The van der Waals surface area contributed by atoms with Gasteiger partial charge in [0, 0.05) is 29.5 Å². The van der Waals surface area contributed by atoms with Crippen molar-refractivity contribution in [1.82, 2.24) is 0 Å². The molecule has 0 spiro atoms. The zero-order valence-corrected chi connectivity index (χ0v) is 26.5. The lowest BCUT2D eigenvalue weighted by Crippen LogP contribution is -2.42. The Kier molecular flexibility index (Phi) is 7.47. The van der Waals surface area contributed by atoms with Crippen LogP contribution in [0.3, 0.4) is 0 Å². The van der Waals surface area contributed by atoms with Crippen LogP contribution in [0.15, 0.2) is 198 Å². The van der Waals surface area contributed by atoms with E-state index in [0.717, 1.165) is 17.8 Å². The van der Waals surface area contributed by atoms with Crippen LogP contribution >= 0.6 is 0 Å². The zero-order valence-electron chi connectivity index (χ0n) is 26.5. The third-order valence-electron chi connectivity index (χ3n) is 9.88. The van der Waals surface area contributed by atoms with Crippen LogP contribution in [-0.2, 0) is 5.41 Å². The van der Waals surface area contributed by atoms with E-state index in [1.807, 2.05) is 6.21 Å². The average Bonchev–Trinajstić information content (AvgIpc) is 3.14. The molecule has 0 aromatic heterocycles. The second-order valence-corrected chi connectivity index (χ2v) is 12.4. The van der Waals surface area contributed by atoms with Crippen molar-refractivity contribution >= 4 is 23.2 Å². The van der Waals surface area contributed by atoms with Crippen LogP contribution in [0.2, 0.25) is 0 Å².